The van der Waals surface area contributed by atoms with Crippen molar-refractivity contribution >= 4 is 29.2 Å². The molecule has 0 fully saturated rings. The molecule has 0 saturated heterocycles. The van der Waals surface area contributed by atoms with Crippen molar-refractivity contribution in [2.24, 2.45) is 0 Å². The summed E-state index contributed by atoms with van der Waals surface area (Å²) in [5, 5.41) is 22.5. The van der Waals surface area contributed by atoms with Gasteiger partial charge in [-0.15, -0.1) is 0 Å². The average molecular weight is 296 g/mol. The molecule has 0 aliphatic carbocycles. The second-order valence-corrected chi connectivity index (χ2v) is 4.89. The van der Waals surface area contributed by atoms with Crippen LogP contribution in [0.15, 0.2) is 48.5 Å². The van der Waals surface area contributed by atoms with Crippen LogP contribution in [0.3, 0.4) is 0 Å². The van der Waals surface area contributed by atoms with Gasteiger partial charge in [0.05, 0.1) is 5.97 Å². The van der Waals surface area contributed by atoms with E-state index in [0.29, 0.717) is 10.0 Å². The van der Waals surface area contributed by atoms with Crippen LogP contribution >= 0.6 is 23.2 Å². The standard InChI is InChI=1S/C14H10Cl2O3/c15-11-5-1-3-9(7-11)14(19,13(17)18)10-4-2-6-12(16)8-10/h1-8,19H,(H,17,18)/p-1. The van der Waals surface area contributed by atoms with Gasteiger partial charge in [0.15, 0.2) is 5.60 Å². The van der Waals surface area contributed by atoms with Gasteiger partial charge in [-0.2, -0.15) is 0 Å². The predicted octanol–water partition coefficient (Wildman–Crippen LogP) is 1.98. The molecule has 0 unspecified atom stereocenters. The normalized spacial score (nSPS) is 11.3. The van der Waals surface area contributed by atoms with Crippen LogP contribution in [0.2, 0.25) is 10.0 Å². The zero-order valence-electron chi connectivity index (χ0n) is 9.64. The minimum atomic E-state index is -2.30. The van der Waals surface area contributed by atoms with Crippen molar-refractivity contribution in [3.8, 4) is 0 Å². The highest BCUT2D eigenvalue weighted by atomic mass is 35.5. The van der Waals surface area contributed by atoms with E-state index in [1.807, 2.05) is 0 Å². The van der Waals surface area contributed by atoms with Gasteiger partial charge in [0, 0.05) is 10.0 Å². The lowest BCUT2D eigenvalue weighted by atomic mass is 9.86. The number of halogens is 2. The van der Waals surface area contributed by atoms with E-state index < -0.39 is 11.6 Å². The van der Waals surface area contributed by atoms with E-state index >= 15 is 0 Å². The first-order chi connectivity index (χ1) is 8.94. The first kappa shape index (κ1) is 13.9. The number of hydrogen-bond acceptors (Lipinski definition) is 3. The fourth-order valence-electron chi connectivity index (χ4n) is 1.83. The summed E-state index contributed by atoms with van der Waals surface area (Å²) in [6.07, 6.45) is 0. The number of carbonyl (C=O) groups excluding carboxylic acids is 1. The second kappa shape index (κ2) is 5.21. The lowest BCUT2D eigenvalue weighted by Crippen LogP contribution is -2.46. The lowest BCUT2D eigenvalue weighted by Gasteiger charge is -2.30. The Labute approximate surface area is 120 Å². The van der Waals surface area contributed by atoms with Crippen molar-refractivity contribution in [3.05, 3.63) is 69.7 Å². The molecule has 0 aliphatic heterocycles. The molecule has 2 aromatic rings. The van der Waals surface area contributed by atoms with Gasteiger partial charge in [-0.3, -0.25) is 0 Å². The largest absolute Gasteiger partial charge is 0.546 e. The molecule has 98 valence electrons. The summed E-state index contributed by atoms with van der Waals surface area (Å²) in [7, 11) is 0. The predicted molar refractivity (Wildman–Crippen MR) is 70.9 cm³/mol. The monoisotopic (exact) mass is 295 g/mol. The van der Waals surface area contributed by atoms with E-state index in [2.05, 4.69) is 0 Å². The van der Waals surface area contributed by atoms with Gasteiger partial charge in [-0.05, 0) is 35.4 Å². The fourth-order valence-corrected chi connectivity index (χ4v) is 2.21. The third-order valence-electron chi connectivity index (χ3n) is 2.78. The van der Waals surface area contributed by atoms with Crippen molar-refractivity contribution in [1.82, 2.24) is 0 Å². The van der Waals surface area contributed by atoms with Crippen LogP contribution in [0.4, 0.5) is 0 Å². The van der Waals surface area contributed by atoms with E-state index in [9.17, 15) is 15.0 Å². The van der Waals surface area contributed by atoms with Gasteiger partial charge in [-0.25, -0.2) is 0 Å². The van der Waals surface area contributed by atoms with Gasteiger partial charge < -0.3 is 15.0 Å². The van der Waals surface area contributed by atoms with Gasteiger partial charge in [0.25, 0.3) is 0 Å². The number of aliphatic carboxylic acids is 1. The number of aliphatic hydroxyl groups is 1. The third kappa shape index (κ3) is 2.59. The quantitative estimate of drug-likeness (QED) is 0.942. The summed E-state index contributed by atoms with van der Waals surface area (Å²) >= 11 is 11.6. The summed E-state index contributed by atoms with van der Waals surface area (Å²) < 4.78 is 0. The summed E-state index contributed by atoms with van der Waals surface area (Å²) in [5.41, 5.74) is -2.07. The minimum absolute atomic E-state index is 0.113. The Morgan fingerprint density at radius 1 is 1.00 bits per heavy atom. The van der Waals surface area contributed by atoms with Crippen LogP contribution in [0, 0.1) is 0 Å². The summed E-state index contributed by atoms with van der Waals surface area (Å²) in [5.74, 6) is -1.64. The number of rotatable bonds is 3. The average Bonchev–Trinajstić information content (AvgIpc) is 2.37. The molecule has 2 rings (SSSR count). The molecule has 0 atom stereocenters. The fraction of sp³-hybridized carbons (Fsp3) is 0.0714. The smallest absolute Gasteiger partial charge is 0.154 e. The zero-order chi connectivity index (χ0) is 14.0. The van der Waals surface area contributed by atoms with Gasteiger partial charge in [0.1, 0.15) is 0 Å². The summed E-state index contributed by atoms with van der Waals surface area (Å²) in [6.45, 7) is 0. The Morgan fingerprint density at radius 3 is 1.74 bits per heavy atom. The Morgan fingerprint density at radius 2 is 1.42 bits per heavy atom. The molecule has 3 nitrogen and oxygen atoms in total. The summed E-state index contributed by atoms with van der Waals surface area (Å²) in [4.78, 5) is 11.4. The second-order valence-electron chi connectivity index (χ2n) is 4.02. The van der Waals surface area contributed by atoms with E-state index in [1.165, 1.54) is 24.3 Å². The molecule has 2 aromatic carbocycles. The number of hydrogen-bond donors (Lipinski definition) is 1. The molecular weight excluding hydrogens is 287 g/mol. The number of benzene rings is 2. The molecule has 1 N–H and O–H groups in total. The molecule has 0 radical (unpaired) electrons. The van der Waals surface area contributed by atoms with Crippen molar-refractivity contribution in [2.75, 3.05) is 0 Å². The first-order valence-electron chi connectivity index (χ1n) is 5.40. The molecule has 0 amide bonds. The molecule has 0 heterocycles. The Hall–Kier alpha value is -1.55. The maximum atomic E-state index is 11.4. The number of carboxylic acids is 1. The highest BCUT2D eigenvalue weighted by molar-refractivity contribution is 6.31. The van der Waals surface area contributed by atoms with Gasteiger partial charge in [0.2, 0.25) is 0 Å². The van der Waals surface area contributed by atoms with E-state index in [-0.39, 0.29) is 11.1 Å². The molecule has 0 bridgehead atoms. The molecular formula is C14H9Cl2O3-. The Bertz CT molecular complexity index is 580. The van der Waals surface area contributed by atoms with E-state index in [0.717, 1.165) is 0 Å². The molecule has 5 heteroatoms. The first-order valence-corrected chi connectivity index (χ1v) is 6.16. The Balaban J connectivity index is 2.65. The van der Waals surface area contributed by atoms with Crippen LogP contribution in [0.1, 0.15) is 11.1 Å². The molecule has 19 heavy (non-hydrogen) atoms. The number of carboxylic acid groups (broad SMARTS) is 1. The third-order valence-corrected chi connectivity index (χ3v) is 3.25. The molecule has 0 saturated carbocycles. The van der Waals surface area contributed by atoms with Crippen LogP contribution in [0.25, 0.3) is 0 Å². The molecule has 0 aromatic heterocycles. The number of carbonyl (C=O) groups is 1. The van der Waals surface area contributed by atoms with E-state index in [1.54, 1.807) is 24.3 Å². The SMILES string of the molecule is O=C([O-])C(O)(c1cccc(Cl)c1)c1cccc(Cl)c1. The van der Waals surface area contributed by atoms with Crippen LogP contribution in [0.5, 0.6) is 0 Å². The van der Waals surface area contributed by atoms with Crippen LogP contribution in [-0.4, -0.2) is 11.1 Å². The van der Waals surface area contributed by atoms with Crippen molar-refractivity contribution in [1.29, 1.82) is 0 Å². The molecule has 0 aliphatic rings. The zero-order valence-corrected chi connectivity index (χ0v) is 11.2. The maximum Gasteiger partial charge on any atom is 0.154 e. The highest BCUT2D eigenvalue weighted by Gasteiger charge is 2.33. The maximum absolute atomic E-state index is 11.4. The highest BCUT2D eigenvalue weighted by Crippen LogP contribution is 2.32. The van der Waals surface area contributed by atoms with Crippen molar-refractivity contribution < 1.29 is 15.0 Å². The van der Waals surface area contributed by atoms with Gasteiger partial charge >= 0.3 is 0 Å². The topological polar surface area (TPSA) is 60.4 Å². The van der Waals surface area contributed by atoms with Crippen molar-refractivity contribution in [2.45, 2.75) is 5.60 Å². The van der Waals surface area contributed by atoms with Crippen molar-refractivity contribution in [3.63, 3.8) is 0 Å². The van der Waals surface area contributed by atoms with Gasteiger partial charge in [-0.1, -0.05) is 47.5 Å². The van der Waals surface area contributed by atoms with Crippen LogP contribution in [-0.2, 0) is 10.4 Å². The Kier molecular flexibility index (Phi) is 3.80. The summed E-state index contributed by atoms with van der Waals surface area (Å²) in [6, 6.07) is 11.9. The van der Waals surface area contributed by atoms with Crippen LogP contribution < -0.4 is 5.11 Å². The lowest BCUT2D eigenvalue weighted by molar-refractivity contribution is -0.322. The van der Waals surface area contributed by atoms with E-state index in [4.69, 9.17) is 23.2 Å². The molecule has 0 spiro atoms. The minimum Gasteiger partial charge on any atom is -0.546 e.